The molecule has 1 saturated carbocycles. The van der Waals surface area contributed by atoms with E-state index in [2.05, 4.69) is 10.1 Å². The fraction of sp³-hybridized carbons (Fsp3) is 0.320. The molecule has 6 rings (SSSR count). The molecule has 0 amide bonds. The maximum Gasteiger partial charge on any atom is 0.165 e. The van der Waals surface area contributed by atoms with Crippen molar-refractivity contribution in [1.29, 1.82) is 0 Å². The Morgan fingerprint density at radius 2 is 1.64 bits per heavy atom. The number of fused-ring (bicyclic) bond motifs is 1. The lowest BCUT2D eigenvalue weighted by molar-refractivity contribution is 0.542. The lowest BCUT2D eigenvalue weighted by atomic mass is 9.92. The number of nitrogen functional groups attached to an aromatic ring is 1. The van der Waals surface area contributed by atoms with Crippen LogP contribution in [0.15, 0.2) is 54.9 Å². The van der Waals surface area contributed by atoms with Crippen molar-refractivity contribution in [3.05, 3.63) is 66.1 Å². The van der Waals surface area contributed by atoms with Crippen LogP contribution in [0.25, 0.3) is 28.0 Å². The van der Waals surface area contributed by atoms with Gasteiger partial charge in [0.15, 0.2) is 5.65 Å². The third-order valence-corrected chi connectivity index (χ3v) is 8.54. The number of hydrogen-bond acceptors (Lipinski definition) is 6. The summed E-state index contributed by atoms with van der Waals surface area (Å²) in [5.41, 5.74) is 13.1. The highest BCUT2D eigenvalue weighted by Gasteiger charge is 2.35. The van der Waals surface area contributed by atoms with Crippen molar-refractivity contribution in [1.82, 2.24) is 19.6 Å². The Bertz CT molecular complexity index is 1430. The first-order chi connectivity index (χ1) is 16.0. The molecule has 0 atom stereocenters. The Kier molecular flexibility index (Phi) is 4.72. The number of aromatic nitrogens is 4. The van der Waals surface area contributed by atoms with Crippen LogP contribution in [0.3, 0.4) is 0 Å². The fourth-order valence-corrected chi connectivity index (χ4v) is 6.34. The topological polar surface area (TPSA) is 103 Å². The van der Waals surface area contributed by atoms with E-state index in [1.54, 1.807) is 10.7 Å². The normalized spacial score (nSPS) is 18.5. The minimum atomic E-state index is -2.95. The van der Waals surface area contributed by atoms with Gasteiger partial charge in [0.1, 0.15) is 15.7 Å². The number of rotatable bonds is 4. The van der Waals surface area contributed by atoms with Crippen molar-refractivity contribution in [2.45, 2.75) is 37.5 Å². The van der Waals surface area contributed by atoms with Crippen LogP contribution in [0.1, 0.15) is 48.8 Å². The first-order valence-electron chi connectivity index (χ1n) is 11.4. The van der Waals surface area contributed by atoms with Gasteiger partial charge >= 0.3 is 0 Å². The summed E-state index contributed by atoms with van der Waals surface area (Å²) in [6.45, 7) is 0. The van der Waals surface area contributed by atoms with Gasteiger partial charge in [0.25, 0.3) is 0 Å². The van der Waals surface area contributed by atoms with Gasteiger partial charge in [0.2, 0.25) is 0 Å². The molecule has 0 radical (unpaired) electrons. The standard InChI is InChI=1S/C25H25N5O2S/c26-24-22(17-6-7-17)23(18-10-12-33(31,32)13-11-18)29-25-20(15-28-30(24)25)19-8-9-21(27-14-19)16-4-2-1-3-5-16/h1-5,8-9,14-15,17-18H,6-7,10-13,26H2. The molecule has 1 aliphatic carbocycles. The second kappa shape index (κ2) is 7.66. The van der Waals surface area contributed by atoms with Crippen molar-refractivity contribution >= 4 is 21.3 Å². The number of nitrogens with two attached hydrogens (primary N) is 1. The number of anilines is 1. The molecule has 2 aliphatic rings. The van der Waals surface area contributed by atoms with Crippen molar-refractivity contribution in [2.24, 2.45) is 0 Å². The third kappa shape index (κ3) is 3.68. The Morgan fingerprint density at radius 1 is 0.879 bits per heavy atom. The van der Waals surface area contributed by atoms with E-state index in [1.807, 2.05) is 48.7 Å². The van der Waals surface area contributed by atoms with Crippen LogP contribution < -0.4 is 5.73 Å². The first kappa shape index (κ1) is 20.4. The quantitative estimate of drug-likeness (QED) is 0.490. The molecule has 8 heteroatoms. The highest BCUT2D eigenvalue weighted by Crippen LogP contribution is 2.47. The zero-order chi connectivity index (χ0) is 22.6. The van der Waals surface area contributed by atoms with Gasteiger partial charge in [-0.3, -0.25) is 4.98 Å². The molecule has 1 saturated heterocycles. The van der Waals surface area contributed by atoms with Crippen molar-refractivity contribution in [3.8, 4) is 22.4 Å². The van der Waals surface area contributed by atoms with Crippen molar-refractivity contribution in [2.75, 3.05) is 17.2 Å². The highest BCUT2D eigenvalue weighted by atomic mass is 32.2. The molecule has 0 bridgehead atoms. The Hall–Kier alpha value is -3.26. The largest absolute Gasteiger partial charge is 0.383 e. The molecule has 2 fully saturated rings. The fourth-order valence-electron chi connectivity index (χ4n) is 4.85. The molecule has 1 aliphatic heterocycles. The summed E-state index contributed by atoms with van der Waals surface area (Å²) in [5.74, 6) is 1.57. The molecule has 4 aromatic rings. The maximum absolute atomic E-state index is 12.0. The molecule has 168 valence electrons. The van der Waals surface area contributed by atoms with E-state index in [9.17, 15) is 8.42 Å². The number of sulfone groups is 1. The average Bonchev–Trinajstić information content (AvgIpc) is 3.57. The summed E-state index contributed by atoms with van der Waals surface area (Å²) < 4.78 is 25.7. The summed E-state index contributed by atoms with van der Waals surface area (Å²) in [6, 6.07) is 14.1. The minimum absolute atomic E-state index is 0.109. The molecule has 0 unspecified atom stereocenters. The smallest absolute Gasteiger partial charge is 0.165 e. The minimum Gasteiger partial charge on any atom is -0.383 e. The lowest BCUT2D eigenvalue weighted by Gasteiger charge is -2.24. The van der Waals surface area contributed by atoms with E-state index in [0.717, 1.165) is 46.5 Å². The second-order valence-corrected chi connectivity index (χ2v) is 11.4. The summed E-state index contributed by atoms with van der Waals surface area (Å²) in [7, 11) is -2.95. The van der Waals surface area contributed by atoms with Gasteiger partial charge in [0.05, 0.1) is 29.1 Å². The van der Waals surface area contributed by atoms with Gasteiger partial charge in [-0.1, -0.05) is 36.4 Å². The average molecular weight is 460 g/mol. The molecule has 33 heavy (non-hydrogen) atoms. The SMILES string of the molecule is Nc1c(C2CC2)c(C2CCS(=O)(=O)CC2)nc2c(-c3ccc(-c4ccccc4)nc3)cnn12. The summed E-state index contributed by atoms with van der Waals surface area (Å²) in [5, 5.41) is 4.56. The van der Waals surface area contributed by atoms with Gasteiger partial charge in [-0.05, 0) is 37.7 Å². The number of pyridine rings is 1. The number of nitrogens with zero attached hydrogens (tertiary/aromatic N) is 4. The molecular weight excluding hydrogens is 434 g/mol. The van der Waals surface area contributed by atoms with Gasteiger partial charge in [0, 0.05) is 34.4 Å². The molecule has 2 N–H and O–H groups in total. The van der Waals surface area contributed by atoms with E-state index in [-0.39, 0.29) is 17.4 Å². The highest BCUT2D eigenvalue weighted by molar-refractivity contribution is 7.91. The van der Waals surface area contributed by atoms with Crippen LogP contribution in [0.5, 0.6) is 0 Å². The monoisotopic (exact) mass is 459 g/mol. The van der Waals surface area contributed by atoms with Crippen LogP contribution in [0, 0.1) is 0 Å². The van der Waals surface area contributed by atoms with Crippen molar-refractivity contribution in [3.63, 3.8) is 0 Å². The summed E-state index contributed by atoms with van der Waals surface area (Å²) >= 11 is 0. The van der Waals surface area contributed by atoms with E-state index in [4.69, 9.17) is 10.7 Å². The van der Waals surface area contributed by atoms with Gasteiger partial charge in [-0.2, -0.15) is 9.61 Å². The summed E-state index contributed by atoms with van der Waals surface area (Å²) in [6.07, 6.45) is 7.02. The second-order valence-electron chi connectivity index (χ2n) is 9.09. The predicted octanol–water partition coefficient (Wildman–Crippen LogP) is 4.21. The maximum atomic E-state index is 12.0. The number of benzene rings is 1. The Morgan fingerprint density at radius 3 is 2.30 bits per heavy atom. The van der Waals surface area contributed by atoms with Crippen LogP contribution in [-0.4, -0.2) is 39.5 Å². The Labute approximate surface area is 192 Å². The zero-order valence-electron chi connectivity index (χ0n) is 18.2. The van der Waals surface area contributed by atoms with Gasteiger partial charge in [-0.15, -0.1) is 0 Å². The third-order valence-electron chi connectivity index (χ3n) is 6.82. The zero-order valence-corrected chi connectivity index (χ0v) is 19.0. The molecule has 0 spiro atoms. The molecular formula is C25H25N5O2S. The van der Waals surface area contributed by atoms with Gasteiger partial charge in [-0.25, -0.2) is 13.4 Å². The van der Waals surface area contributed by atoms with Gasteiger partial charge < -0.3 is 5.73 Å². The van der Waals surface area contributed by atoms with Crippen LogP contribution in [0.2, 0.25) is 0 Å². The molecule has 4 heterocycles. The molecule has 1 aromatic carbocycles. The number of hydrogen-bond donors (Lipinski definition) is 1. The van der Waals surface area contributed by atoms with E-state index in [1.165, 1.54) is 0 Å². The van der Waals surface area contributed by atoms with E-state index >= 15 is 0 Å². The molecule has 7 nitrogen and oxygen atoms in total. The first-order valence-corrected chi connectivity index (χ1v) is 13.2. The van der Waals surface area contributed by atoms with E-state index in [0.29, 0.717) is 30.2 Å². The molecule has 3 aromatic heterocycles. The van der Waals surface area contributed by atoms with E-state index < -0.39 is 9.84 Å². The predicted molar refractivity (Wildman–Crippen MR) is 129 cm³/mol. The van der Waals surface area contributed by atoms with Crippen LogP contribution >= 0.6 is 0 Å². The van der Waals surface area contributed by atoms with Crippen LogP contribution in [0.4, 0.5) is 5.82 Å². The van der Waals surface area contributed by atoms with Crippen LogP contribution in [-0.2, 0) is 9.84 Å². The lowest BCUT2D eigenvalue weighted by Crippen LogP contribution is -2.24. The Balaban J connectivity index is 1.43. The van der Waals surface area contributed by atoms with Crippen molar-refractivity contribution < 1.29 is 8.42 Å². The summed E-state index contributed by atoms with van der Waals surface area (Å²) in [4.78, 5) is 9.74.